The Labute approximate surface area is 216 Å². The van der Waals surface area contributed by atoms with Gasteiger partial charge in [0.05, 0.1) is 33.0 Å². The minimum atomic E-state index is -0.893. The standard InChI is InChI=1S/C27H22F2N4O3S/c1-32(2)13-5-6-18-15-21-27(37-18)24(11-12-31-21)36-23-10-9-17(14-20(23)29)33(26(35)16-25(30)34)22-8-4-3-7-19(22)28/h3-4,7-12,14-15H,13,16H2,1-2H3,(H2,30,34). The van der Waals surface area contributed by atoms with Crippen molar-refractivity contribution in [2.45, 2.75) is 6.42 Å². The summed E-state index contributed by atoms with van der Waals surface area (Å²) in [7, 11) is 3.85. The Morgan fingerprint density at radius 1 is 1.05 bits per heavy atom. The van der Waals surface area contributed by atoms with Crippen LogP contribution in [0.1, 0.15) is 11.3 Å². The highest BCUT2D eigenvalue weighted by Gasteiger charge is 2.24. The fourth-order valence-corrected chi connectivity index (χ4v) is 4.39. The molecular weight excluding hydrogens is 498 g/mol. The lowest BCUT2D eigenvalue weighted by Crippen LogP contribution is -2.31. The number of anilines is 2. The molecule has 2 amide bonds. The predicted octanol–water partition coefficient (Wildman–Crippen LogP) is 4.82. The SMILES string of the molecule is CN(C)CC#Cc1cc2nccc(Oc3ccc(N(C(=O)CC(N)=O)c4ccccc4F)cc3F)c2s1. The van der Waals surface area contributed by atoms with Crippen molar-refractivity contribution < 1.29 is 23.1 Å². The Bertz CT molecular complexity index is 1540. The molecule has 0 spiro atoms. The zero-order chi connectivity index (χ0) is 26.5. The van der Waals surface area contributed by atoms with Gasteiger partial charge in [-0.25, -0.2) is 8.78 Å². The lowest BCUT2D eigenvalue weighted by Gasteiger charge is -2.23. The number of pyridine rings is 1. The van der Waals surface area contributed by atoms with Crippen LogP contribution < -0.4 is 15.4 Å². The van der Waals surface area contributed by atoms with Crippen LogP contribution in [0.3, 0.4) is 0 Å². The molecule has 0 aliphatic rings. The minimum absolute atomic E-state index is 0.00986. The molecule has 0 aliphatic heterocycles. The van der Waals surface area contributed by atoms with Crippen molar-refractivity contribution in [2.75, 3.05) is 25.5 Å². The summed E-state index contributed by atoms with van der Waals surface area (Å²) in [5, 5.41) is 0. The topological polar surface area (TPSA) is 88.8 Å². The quantitative estimate of drug-likeness (QED) is 0.279. The largest absolute Gasteiger partial charge is 0.453 e. The van der Waals surface area contributed by atoms with Gasteiger partial charge in [0.25, 0.3) is 0 Å². The fourth-order valence-electron chi connectivity index (χ4n) is 3.45. The van der Waals surface area contributed by atoms with Crippen LogP contribution in [-0.2, 0) is 9.59 Å². The summed E-state index contributed by atoms with van der Waals surface area (Å²) in [5.41, 5.74) is 5.70. The average molecular weight is 521 g/mol. The first-order valence-electron chi connectivity index (χ1n) is 11.1. The Morgan fingerprint density at radius 3 is 2.54 bits per heavy atom. The van der Waals surface area contributed by atoms with E-state index in [9.17, 15) is 14.0 Å². The predicted molar refractivity (Wildman–Crippen MR) is 139 cm³/mol. The highest BCUT2D eigenvalue weighted by molar-refractivity contribution is 7.19. The number of hydrogen-bond acceptors (Lipinski definition) is 6. The van der Waals surface area contributed by atoms with Crippen molar-refractivity contribution in [2.24, 2.45) is 5.73 Å². The van der Waals surface area contributed by atoms with Crippen molar-refractivity contribution in [3.8, 4) is 23.3 Å². The van der Waals surface area contributed by atoms with Gasteiger partial charge in [-0.05, 0) is 44.4 Å². The van der Waals surface area contributed by atoms with Crippen LogP contribution in [0.15, 0.2) is 60.8 Å². The summed E-state index contributed by atoms with van der Waals surface area (Å²) in [5.74, 6) is 3.22. The van der Waals surface area contributed by atoms with Crippen LogP contribution in [-0.4, -0.2) is 42.3 Å². The maximum atomic E-state index is 15.2. The summed E-state index contributed by atoms with van der Waals surface area (Å²) in [6, 6.07) is 12.7. The van der Waals surface area contributed by atoms with Crippen LogP contribution >= 0.6 is 11.3 Å². The van der Waals surface area contributed by atoms with Crippen molar-refractivity contribution in [1.29, 1.82) is 0 Å². The molecule has 4 rings (SSSR count). The Hall–Kier alpha value is -4.33. The average Bonchev–Trinajstić information content (AvgIpc) is 3.25. The first-order chi connectivity index (χ1) is 17.7. The third kappa shape index (κ3) is 6.09. The summed E-state index contributed by atoms with van der Waals surface area (Å²) in [4.78, 5) is 32.1. The van der Waals surface area contributed by atoms with E-state index >= 15 is 4.39 Å². The van der Waals surface area contributed by atoms with Gasteiger partial charge in [0.1, 0.15) is 18.0 Å². The van der Waals surface area contributed by atoms with Gasteiger partial charge in [0.2, 0.25) is 11.8 Å². The second-order valence-corrected chi connectivity index (χ2v) is 9.27. The molecule has 2 aromatic heterocycles. The molecule has 7 nitrogen and oxygen atoms in total. The second-order valence-electron chi connectivity index (χ2n) is 8.21. The highest BCUT2D eigenvalue weighted by Crippen LogP contribution is 2.37. The first-order valence-corrected chi connectivity index (χ1v) is 11.9. The molecule has 37 heavy (non-hydrogen) atoms. The molecular formula is C27H22F2N4O3S. The van der Waals surface area contributed by atoms with Crippen molar-refractivity contribution in [3.63, 3.8) is 0 Å². The minimum Gasteiger partial charge on any atom is -0.453 e. The van der Waals surface area contributed by atoms with Crippen molar-refractivity contribution in [3.05, 3.63) is 77.3 Å². The number of amides is 2. The third-order valence-electron chi connectivity index (χ3n) is 5.04. The number of carbonyl (C=O) groups excluding carboxylic acids is 2. The van der Waals surface area contributed by atoms with Crippen LogP contribution in [0.2, 0.25) is 0 Å². The fraction of sp³-hybridized carbons (Fsp3) is 0.148. The van der Waals surface area contributed by atoms with Crippen LogP contribution in [0.4, 0.5) is 20.2 Å². The third-order valence-corrected chi connectivity index (χ3v) is 6.10. The van der Waals surface area contributed by atoms with Gasteiger partial charge in [0, 0.05) is 18.3 Å². The number of carbonyl (C=O) groups is 2. The smallest absolute Gasteiger partial charge is 0.241 e. The van der Waals surface area contributed by atoms with Crippen LogP contribution in [0.25, 0.3) is 10.2 Å². The van der Waals surface area contributed by atoms with Gasteiger partial charge < -0.3 is 10.5 Å². The molecule has 0 atom stereocenters. The molecule has 0 aliphatic carbocycles. The molecule has 0 saturated heterocycles. The number of ether oxygens (including phenoxy) is 1. The monoisotopic (exact) mass is 520 g/mol. The molecule has 2 N–H and O–H groups in total. The number of para-hydroxylation sites is 1. The molecule has 0 radical (unpaired) electrons. The lowest BCUT2D eigenvalue weighted by atomic mass is 10.2. The van der Waals surface area contributed by atoms with E-state index in [1.54, 1.807) is 12.3 Å². The molecule has 0 unspecified atom stereocenters. The van der Waals surface area contributed by atoms with Gasteiger partial charge in [-0.3, -0.25) is 24.4 Å². The van der Waals surface area contributed by atoms with E-state index in [1.165, 1.54) is 41.7 Å². The van der Waals surface area contributed by atoms with E-state index in [0.717, 1.165) is 21.9 Å². The number of rotatable bonds is 7. The number of thiophene rings is 1. The number of benzene rings is 2. The van der Waals surface area contributed by atoms with Gasteiger partial charge in [-0.2, -0.15) is 0 Å². The van der Waals surface area contributed by atoms with Gasteiger partial charge in [-0.1, -0.05) is 24.0 Å². The number of halogens is 2. The Morgan fingerprint density at radius 2 is 1.84 bits per heavy atom. The van der Waals surface area contributed by atoms with Crippen LogP contribution in [0, 0.1) is 23.5 Å². The number of nitrogens with two attached hydrogens (primary N) is 1. The number of aromatic nitrogens is 1. The lowest BCUT2D eigenvalue weighted by molar-refractivity contribution is -0.125. The molecule has 188 valence electrons. The number of fused-ring (bicyclic) bond motifs is 1. The first kappa shape index (κ1) is 25.8. The molecule has 0 saturated carbocycles. The zero-order valence-electron chi connectivity index (χ0n) is 20.0. The van der Waals surface area contributed by atoms with E-state index in [2.05, 4.69) is 16.8 Å². The van der Waals surface area contributed by atoms with Gasteiger partial charge in [0.15, 0.2) is 11.6 Å². The number of nitrogens with zero attached hydrogens (tertiary/aromatic N) is 3. The van der Waals surface area contributed by atoms with Crippen molar-refractivity contribution >= 4 is 44.7 Å². The summed E-state index contributed by atoms with van der Waals surface area (Å²) >= 11 is 1.38. The Kier molecular flexibility index (Phi) is 7.77. The molecule has 0 bridgehead atoms. The second kappa shape index (κ2) is 11.2. The number of primary amides is 1. The summed E-state index contributed by atoms with van der Waals surface area (Å²) in [6.07, 6.45) is 0.872. The van der Waals surface area contributed by atoms with Crippen molar-refractivity contribution in [1.82, 2.24) is 9.88 Å². The molecule has 2 aromatic carbocycles. The maximum Gasteiger partial charge on any atom is 0.241 e. The molecule has 4 aromatic rings. The van der Waals surface area contributed by atoms with E-state index in [4.69, 9.17) is 10.5 Å². The molecule has 10 heteroatoms. The normalized spacial score (nSPS) is 10.7. The van der Waals surface area contributed by atoms with Gasteiger partial charge >= 0.3 is 0 Å². The van der Waals surface area contributed by atoms with E-state index in [1.807, 2.05) is 25.1 Å². The van der Waals surface area contributed by atoms with Gasteiger partial charge in [-0.15, -0.1) is 11.3 Å². The molecule has 0 fully saturated rings. The zero-order valence-corrected chi connectivity index (χ0v) is 20.8. The highest BCUT2D eigenvalue weighted by atomic mass is 32.1. The summed E-state index contributed by atoms with van der Waals surface area (Å²) in [6.45, 7) is 0.606. The van der Waals surface area contributed by atoms with E-state index < -0.39 is 29.9 Å². The van der Waals surface area contributed by atoms with E-state index in [-0.39, 0.29) is 17.1 Å². The molecule has 2 heterocycles. The van der Waals surface area contributed by atoms with Crippen LogP contribution in [0.5, 0.6) is 11.5 Å². The van der Waals surface area contributed by atoms with E-state index in [0.29, 0.717) is 22.5 Å². The summed E-state index contributed by atoms with van der Waals surface area (Å²) < 4.78 is 36.3. The Balaban J connectivity index is 1.66. The maximum absolute atomic E-state index is 15.2. The number of hydrogen-bond donors (Lipinski definition) is 1.